The number of nitrogen functional groups attached to an aromatic ring is 1. The molecule has 10 heteroatoms. The minimum atomic E-state index is -0.261. The Balaban J connectivity index is 0.000000283. The number of aromatic nitrogens is 4. The van der Waals surface area contributed by atoms with E-state index >= 15 is 0 Å². The number of hydrogen-bond acceptors (Lipinski definition) is 8. The van der Waals surface area contributed by atoms with Crippen molar-refractivity contribution in [3.63, 3.8) is 0 Å². The monoisotopic (exact) mass is 500 g/mol. The van der Waals surface area contributed by atoms with Crippen LogP contribution in [0.5, 0.6) is 0 Å². The summed E-state index contributed by atoms with van der Waals surface area (Å²) in [6, 6.07) is 9.13. The maximum Gasteiger partial charge on any atom is 0.290 e. The van der Waals surface area contributed by atoms with Crippen LogP contribution in [0.4, 0.5) is 17.3 Å². The van der Waals surface area contributed by atoms with E-state index in [1.807, 2.05) is 30.5 Å². The Morgan fingerprint density at radius 3 is 1.94 bits per heavy atom. The van der Waals surface area contributed by atoms with Crippen LogP contribution in [0, 0.1) is 0 Å². The van der Waals surface area contributed by atoms with Crippen LogP contribution in [0.2, 0.25) is 5.15 Å². The third-order valence-corrected chi connectivity index (χ3v) is 5.71. The van der Waals surface area contributed by atoms with E-state index < -0.39 is 0 Å². The van der Waals surface area contributed by atoms with Gasteiger partial charge in [-0.1, -0.05) is 37.6 Å². The lowest BCUT2D eigenvalue weighted by atomic mass is 9.96. The summed E-state index contributed by atoms with van der Waals surface area (Å²) >= 11 is 5.87. The fraction of sp³-hybridized carbons (Fsp3) is 0.440. The standard InChI is InChI=1S/C15H20ClN5O.C10H17N3/c1-5-18-15(2,3)10-6-7-13(17-9-10)19-11-8-12(16)20-21(4)14(11)22;1-4-13-10(2,3)8-5-6-9(11)12-7-8/h6-9,18H,5H2,1-4H3,(H,17,19);5-7,13H,4H2,1-3H3,(H2,11,12). The number of pyridine rings is 2. The van der Waals surface area contributed by atoms with Crippen molar-refractivity contribution in [2.75, 3.05) is 24.1 Å². The highest BCUT2D eigenvalue weighted by Gasteiger charge is 2.19. The van der Waals surface area contributed by atoms with Crippen molar-refractivity contribution in [1.29, 1.82) is 0 Å². The molecule has 0 saturated heterocycles. The average molecular weight is 501 g/mol. The zero-order valence-electron chi connectivity index (χ0n) is 21.6. The first kappa shape index (κ1) is 28.2. The molecule has 3 rings (SSSR count). The third-order valence-electron chi connectivity index (χ3n) is 5.53. The first-order valence-electron chi connectivity index (χ1n) is 11.6. The molecule has 0 aliphatic rings. The Morgan fingerprint density at radius 2 is 1.49 bits per heavy atom. The lowest BCUT2D eigenvalue weighted by Gasteiger charge is -2.26. The van der Waals surface area contributed by atoms with Gasteiger partial charge in [0.05, 0.1) is 0 Å². The van der Waals surface area contributed by atoms with Gasteiger partial charge >= 0.3 is 0 Å². The molecule has 190 valence electrons. The summed E-state index contributed by atoms with van der Waals surface area (Å²) in [5.41, 5.74) is 7.63. The molecule has 3 heterocycles. The van der Waals surface area contributed by atoms with Crippen molar-refractivity contribution in [1.82, 2.24) is 30.4 Å². The number of nitrogens with one attached hydrogen (secondary N) is 3. The van der Waals surface area contributed by atoms with E-state index in [0.29, 0.717) is 17.3 Å². The summed E-state index contributed by atoms with van der Waals surface area (Å²) in [5.74, 6) is 1.14. The molecule has 0 unspecified atom stereocenters. The summed E-state index contributed by atoms with van der Waals surface area (Å²) in [4.78, 5) is 20.4. The summed E-state index contributed by atoms with van der Waals surface area (Å²) in [6.45, 7) is 14.4. The van der Waals surface area contributed by atoms with Crippen molar-refractivity contribution in [3.8, 4) is 0 Å². The summed E-state index contributed by atoms with van der Waals surface area (Å²) in [6.07, 6.45) is 3.61. The van der Waals surface area contributed by atoms with E-state index in [9.17, 15) is 4.79 Å². The molecule has 0 aromatic carbocycles. The van der Waals surface area contributed by atoms with Crippen LogP contribution in [0.25, 0.3) is 0 Å². The fourth-order valence-corrected chi connectivity index (χ4v) is 3.72. The molecule has 0 aliphatic carbocycles. The second-order valence-electron chi connectivity index (χ2n) is 9.15. The molecule has 3 aromatic heterocycles. The normalized spacial score (nSPS) is 11.5. The number of aryl methyl sites for hydroxylation is 1. The van der Waals surface area contributed by atoms with Crippen LogP contribution in [-0.2, 0) is 18.1 Å². The van der Waals surface area contributed by atoms with E-state index in [4.69, 9.17) is 17.3 Å². The highest BCUT2D eigenvalue weighted by atomic mass is 35.5. The van der Waals surface area contributed by atoms with Crippen molar-refractivity contribution >= 4 is 28.9 Å². The molecule has 0 amide bonds. The molecule has 0 fully saturated rings. The van der Waals surface area contributed by atoms with E-state index in [0.717, 1.165) is 24.2 Å². The molecule has 0 atom stereocenters. The molecular formula is C25H37ClN8O. The van der Waals surface area contributed by atoms with Crippen molar-refractivity contribution < 1.29 is 0 Å². The Morgan fingerprint density at radius 1 is 0.943 bits per heavy atom. The Hall–Kier alpha value is -3.01. The predicted molar refractivity (Wildman–Crippen MR) is 144 cm³/mol. The average Bonchev–Trinajstić information content (AvgIpc) is 2.78. The second-order valence-corrected chi connectivity index (χ2v) is 9.54. The van der Waals surface area contributed by atoms with Crippen LogP contribution < -0.4 is 27.2 Å². The molecule has 0 radical (unpaired) electrons. The van der Waals surface area contributed by atoms with Crippen LogP contribution in [0.15, 0.2) is 47.5 Å². The molecular weight excluding hydrogens is 464 g/mol. The first-order valence-corrected chi connectivity index (χ1v) is 12.0. The van der Waals surface area contributed by atoms with Gasteiger partial charge in [-0.3, -0.25) is 4.79 Å². The maximum atomic E-state index is 12.0. The molecule has 35 heavy (non-hydrogen) atoms. The highest BCUT2D eigenvalue weighted by Crippen LogP contribution is 2.21. The van der Waals surface area contributed by atoms with E-state index in [-0.39, 0.29) is 21.8 Å². The topological polar surface area (TPSA) is 123 Å². The minimum absolute atomic E-state index is 0.0323. The second kappa shape index (κ2) is 12.1. The van der Waals surface area contributed by atoms with E-state index in [2.05, 4.69) is 72.6 Å². The van der Waals surface area contributed by atoms with Gasteiger partial charge in [0.15, 0.2) is 5.15 Å². The Labute approximate surface area is 212 Å². The van der Waals surface area contributed by atoms with Gasteiger partial charge in [0.25, 0.3) is 5.56 Å². The summed E-state index contributed by atoms with van der Waals surface area (Å²) in [5, 5.41) is 13.8. The van der Waals surface area contributed by atoms with Crippen LogP contribution in [0.3, 0.4) is 0 Å². The fourth-order valence-electron chi connectivity index (χ4n) is 3.50. The van der Waals surface area contributed by atoms with Crippen LogP contribution >= 0.6 is 11.6 Å². The summed E-state index contributed by atoms with van der Waals surface area (Å²) in [7, 11) is 1.55. The highest BCUT2D eigenvalue weighted by molar-refractivity contribution is 6.29. The van der Waals surface area contributed by atoms with E-state index in [1.165, 1.54) is 10.7 Å². The molecule has 5 N–H and O–H groups in total. The van der Waals surface area contributed by atoms with Gasteiger partial charge in [0.1, 0.15) is 17.3 Å². The Kier molecular flexibility index (Phi) is 9.76. The van der Waals surface area contributed by atoms with Gasteiger partial charge in [-0.05, 0) is 64.0 Å². The molecule has 9 nitrogen and oxygen atoms in total. The number of nitrogens with zero attached hydrogens (tertiary/aromatic N) is 4. The summed E-state index contributed by atoms with van der Waals surface area (Å²) < 4.78 is 1.19. The lowest BCUT2D eigenvalue weighted by Crippen LogP contribution is -2.36. The number of rotatable bonds is 8. The van der Waals surface area contributed by atoms with Gasteiger partial charge in [-0.15, -0.1) is 0 Å². The van der Waals surface area contributed by atoms with Gasteiger partial charge in [-0.25, -0.2) is 14.6 Å². The molecule has 0 bridgehead atoms. The smallest absolute Gasteiger partial charge is 0.290 e. The van der Waals surface area contributed by atoms with Crippen molar-refractivity contribution in [2.45, 2.75) is 52.6 Å². The minimum Gasteiger partial charge on any atom is -0.384 e. The van der Waals surface area contributed by atoms with Crippen LogP contribution in [-0.4, -0.2) is 32.8 Å². The Bertz CT molecular complexity index is 1140. The van der Waals surface area contributed by atoms with Crippen molar-refractivity contribution in [2.24, 2.45) is 7.05 Å². The number of halogens is 1. The number of hydrogen-bond donors (Lipinski definition) is 4. The molecule has 0 spiro atoms. The first-order chi connectivity index (χ1) is 16.4. The largest absolute Gasteiger partial charge is 0.384 e. The molecule has 0 saturated carbocycles. The van der Waals surface area contributed by atoms with Crippen molar-refractivity contribution in [3.05, 3.63) is 69.4 Å². The zero-order chi connectivity index (χ0) is 26.2. The lowest BCUT2D eigenvalue weighted by molar-refractivity contribution is 0.414. The predicted octanol–water partition coefficient (Wildman–Crippen LogP) is 3.93. The van der Waals surface area contributed by atoms with Crippen LogP contribution in [0.1, 0.15) is 52.7 Å². The molecule has 3 aromatic rings. The maximum absolute atomic E-state index is 12.0. The molecule has 0 aliphatic heterocycles. The zero-order valence-corrected chi connectivity index (χ0v) is 22.4. The van der Waals surface area contributed by atoms with Gasteiger partial charge in [-0.2, -0.15) is 5.10 Å². The SMILES string of the molecule is CCNC(C)(C)c1ccc(N)nc1.CCNC(C)(C)c1ccc(Nc2cc(Cl)nn(C)c2=O)nc1. The van der Waals surface area contributed by atoms with Gasteiger partial charge < -0.3 is 21.7 Å². The quantitative estimate of drug-likeness (QED) is 0.367. The number of anilines is 3. The number of nitrogens with two attached hydrogens (primary N) is 1. The van der Waals surface area contributed by atoms with Gasteiger partial charge in [0, 0.05) is 36.6 Å². The van der Waals surface area contributed by atoms with Gasteiger partial charge in [0.2, 0.25) is 0 Å². The van der Waals surface area contributed by atoms with E-state index in [1.54, 1.807) is 13.2 Å². The third kappa shape index (κ3) is 8.02.